The standard InChI is InChI=1S/C18H18N4O2/c1-2-6-13(7-3-1)17-21-22-18(24-17)15-9-4-10-19-16(15)20-12-14-8-5-11-23-14/h1-4,6-7,9-10,14H,5,8,11-12H2,(H,19,20). The molecule has 1 saturated heterocycles. The third-order valence-corrected chi connectivity index (χ3v) is 4.01. The van der Waals surface area contributed by atoms with Crippen molar-refractivity contribution in [3.8, 4) is 22.9 Å². The van der Waals surface area contributed by atoms with Crippen LogP contribution in [0, 0.1) is 0 Å². The Morgan fingerprint density at radius 2 is 1.92 bits per heavy atom. The maximum atomic E-state index is 5.83. The number of nitrogens with zero attached hydrogens (tertiary/aromatic N) is 3. The minimum Gasteiger partial charge on any atom is -0.416 e. The van der Waals surface area contributed by atoms with Crippen LogP contribution in [0.25, 0.3) is 22.9 Å². The highest BCUT2D eigenvalue weighted by molar-refractivity contribution is 5.69. The van der Waals surface area contributed by atoms with E-state index in [1.54, 1.807) is 6.20 Å². The van der Waals surface area contributed by atoms with Gasteiger partial charge in [0.15, 0.2) is 0 Å². The van der Waals surface area contributed by atoms with Crippen molar-refractivity contribution in [3.63, 3.8) is 0 Å². The number of hydrogen-bond acceptors (Lipinski definition) is 6. The molecule has 1 unspecified atom stereocenters. The van der Waals surface area contributed by atoms with Gasteiger partial charge in [0.25, 0.3) is 5.89 Å². The molecule has 0 spiro atoms. The third kappa shape index (κ3) is 3.14. The van der Waals surface area contributed by atoms with Gasteiger partial charge >= 0.3 is 0 Å². The van der Waals surface area contributed by atoms with Crippen LogP contribution in [0.2, 0.25) is 0 Å². The fourth-order valence-corrected chi connectivity index (χ4v) is 2.76. The van der Waals surface area contributed by atoms with Gasteiger partial charge in [0.2, 0.25) is 5.89 Å². The first kappa shape index (κ1) is 14.8. The van der Waals surface area contributed by atoms with E-state index in [1.807, 2.05) is 42.5 Å². The van der Waals surface area contributed by atoms with Gasteiger partial charge in [0.05, 0.1) is 11.7 Å². The van der Waals surface area contributed by atoms with Crippen molar-refractivity contribution in [2.45, 2.75) is 18.9 Å². The average molecular weight is 322 g/mol. The molecule has 1 aliphatic heterocycles. The van der Waals surface area contributed by atoms with E-state index in [-0.39, 0.29) is 6.10 Å². The van der Waals surface area contributed by atoms with E-state index < -0.39 is 0 Å². The molecule has 3 aromatic rings. The van der Waals surface area contributed by atoms with Gasteiger partial charge in [-0.3, -0.25) is 0 Å². The molecule has 0 bridgehead atoms. The minimum absolute atomic E-state index is 0.238. The van der Waals surface area contributed by atoms with Crippen LogP contribution in [-0.4, -0.2) is 34.4 Å². The minimum atomic E-state index is 0.238. The number of aromatic nitrogens is 3. The third-order valence-electron chi connectivity index (χ3n) is 4.01. The lowest BCUT2D eigenvalue weighted by atomic mass is 10.2. The highest BCUT2D eigenvalue weighted by atomic mass is 16.5. The first-order valence-corrected chi connectivity index (χ1v) is 8.10. The Morgan fingerprint density at radius 1 is 1.04 bits per heavy atom. The van der Waals surface area contributed by atoms with Crippen LogP contribution < -0.4 is 5.32 Å². The molecular weight excluding hydrogens is 304 g/mol. The van der Waals surface area contributed by atoms with Gasteiger partial charge in [0, 0.05) is 24.9 Å². The predicted molar refractivity (Wildman–Crippen MR) is 90.4 cm³/mol. The summed E-state index contributed by atoms with van der Waals surface area (Å²) in [5.41, 5.74) is 1.69. The van der Waals surface area contributed by atoms with Crippen molar-refractivity contribution in [2.24, 2.45) is 0 Å². The normalized spacial score (nSPS) is 17.1. The highest BCUT2D eigenvalue weighted by Gasteiger charge is 2.18. The topological polar surface area (TPSA) is 73.1 Å². The number of nitrogens with one attached hydrogen (secondary N) is 1. The van der Waals surface area contributed by atoms with E-state index in [2.05, 4.69) is 20.5 Å². The molecule has 3 heterocycles. The summed E-state index contributed by atoms with van der Waals surface area (Å²) < 4.78 is 11.5. The summed E-state index contributed by atoms with van der Waals surface area (Å²) in [7, 11) is 0. The lowest BCUT2D eigenvalue weighted by molar-refractivity contribution is 0.120. The van der Waals surface area contributed by atoms with Gasteiger partial charge < -0.3 is 14.5 Å². The van der Waals surface area contributed by atoms with E-state index in [4.69, 9.17) is 9.15 Å². The van der Waals surface area contributed by atoms with Crippen LogP contribution in [0.5, 0.6) is 0 Å². The number of hydrogen-bond donors (Lipinski definition) is 1. The Bertz CT molecular complexity index is 798. The van der Waals surface area contributed by atoms with E-state index in [9.17, 15) is 0 Å². The largest absolute Gasteiger partial charge is 0.416 e. The Kier molecular flexibility index (Phi) is 4.20. The molecular formula is C18H18N4O2. The average Bonchev–Trinajstić information content (AvgIpc) is 3.33. The van der Waals surface area contributed by atoms with E-state index in [0.717, 1.165) is 42.9 Å². The van der Waals surface area contributed by atoms with Crippen LogP contribution in [0.1, 0.15) is 12.8 Å². The number of pyridine rings is 1. The van der Waals surface area contributed by atoms with Crippen molar-refractivity contribution in [1.29, 1.82) is 0 Å². The molecule has 6 nitrogen and oxygen atoms in total. The van der Waals surface area contributed by atoms with Crippen molar-refractivity contribution in [3.05, 3.63) is 48.7 Å². The van der Waals surface area contributed by atoms with Gasteiger partial charge in [-0.1, -0.05) is 18.2 Å². The number of ether oxygens (including phenoxy) is 1. The molecule has 24 heavy (non-hydrogen) atoms. The van der Waals surface area contributed by atoms with Crippen LogP contribution in [0.3, 0.4) is 0 Å². The number of rotatable bonds is 5. The molecule has 0 aliphatic carbocycles. The molecule has 1 N–H and O–H groups in total. The van der Waals surface area contributed by atoms with Crippen LogP contribution >= 0.6 is 0 Å². The molecule has 1 fully saturated rings. The number of benzene rings is 1. The van der Waals surface area contributed by atoms with E-state index in [1.165, 1.54) is 0 Å². The van der Waals surface area contributed by atoms with E-state index in [0.29, 0.717) is 11.8 Å². The van der Waals surface area contributed by atoms with Crippen molar-refractivity contribution in [2.75, 3.05) is 18.5 Å². The SMILES string of the molecule is c1ccc(-c2nnc(-c3cccnc3NCC3CCCO3)o2)cc1. The molecule has 6 heteroatoms. The van der Waals surface area contributed by atoms with Gasteiger partial charge in [0.1, 0.15) is 5.82 Å². The Balaban J connectivity index is 1.56. The second-order valence-electron chi connectivity index (χ2n) is 5.69. The summed E-state index contributed by atoms with van der Waals surface area (Å²) in [5.74, 6) is 1.69. The maximum absolute atomic E-state index is 5.83. The molecule has 0 radical (unpaired) electrons. The van der Waals surface area contributed by atoms with Crippen molar-refractivity contribution >= 4 is 5.82 Å². The Labute approximate surface area is 139 Å². The van der Waals surface area contributed by atoms with Crippen LogP contribution in [0.4, 0.5) is 5.82 Å². The maximum Gasteiger partial charge on any atom is 0.251 e. The lowest BCUT2D eigenvalue weighted by Gasteiger charge is -2.12. The molecule has 0 saturated carbocycles. The Hall–Kier alpha value is -2.73. The zero-order chi connectivity index (χ0) is 16.2. The summed E-state index contributed by atoms with van der Waals surface area (Å²) in [6.07, 6.45) is 4.18. The first-order valence-electron chi connectivity index (χ1n) is 8.10. The summed E-state index contributed by atoms with van der Waals surface area (Å²) >= 11 is 0. The molecule has 1 atom stereocenters. The molecule has 0 amide bonds. The van der Waals surface area contributed by atoms with Crippen LogP contribution in [0.15, 0.2) is 53.1 Å². The van der Waals surface area contributed by atoms with Crippen molar-refractivity contribution < 1.29 is 9.15 Å². The second-order valence-corrected chi connectivity index (χ2v) is 5.69. The second kappa shape index (κ2) is 6.80. The fraction of sp³-hybridized carbons (Fsp3) is 0.278. The fourth-order valence-electron chi connectivity index (χ4n) is 2.76. The summed E-state index contributed by atoms with van der Waals surface area (Å²) in [6, 6.07) is 13.5. The molecule has 4 rings (SSSR count). The van der Waals surface area contributed by atoms with Gasteiger partial charge in [-0.05, 0) is 37.1 Å². The zero-order valence-electron chi connectivity index (χ0n) is 13.2. The van der Waals surface area contributed by atoms with E-state index >= 15 is 0 Å². The molecule has 2 aromatic heterocycles. The highest BCUT2D eigenvalue weighted by Crippen LogP contribution is 2.28. The summed E-state index contributed by atoms with van der Waals surface area (Å²) in [6.45, 7) is 1.56. The van der Waals surface area contributed by atoms with Gasteiger partial charge in [-0.2, -0.15) is 0 Å². The van der Waals surface area contributed by atoms with Crippen LogP contribution in [-0.2, 0) is 4.74 Å². The smallest absolute Gasteiger partial charge is 0.251 e. The van der Waals surface area contributed by atoms with Gasteiger partial charge in [-0.15, -0.1) is 10.2 Å². The summed E-state index contributed by atoms with van der Waals surface area (Å²) in [5, 5.41) is 11.7. The monoisotopic (exact) mass is 322 g/mol. The molecule has 122 valence electrons. The Morgan fingerprint density at radius 3 is 2.75 bits per heavy atom. The summed E-state index contributed by atoms with van der Waals surface area (Å²) in [4.78, 5) is 4.40. The predicted octanol–water partition coefficient (Wildman–Crippen LogP) is 3.39. The van der Waals surface area contributed by atoms with Crippen molar-refractivity contribution in [1.82, 2.24) is 15.2 Å². The van der Waals surface area contributed by atoms with Gasteiger partial charge in [-0.25, -0.2) is 4.98 Å². The molecule has 1 aliphatic rings. The molecule has 1 aromatic carbocycles. The lowest BCUT2D eigenvalue weighted by Crippen LogP contribution is -2.19. The number of anilines is 1. The quantitative estimate of drug-likeness (QED) is 0.776. The first-order chi connectivity index (χ1) is 11.9. The zero-order valence-corrected chi connectivity index (χ0v) is 13.2.